The Morgan fingerprint density at radius 3 is 2.47 bits per heavy atom. The highest BCUT2D eigenvalue weighted by molar-refractivity contribution is 8.03. The lowest BCUT2D eigenvalue weighted by Crippen LogP contribution is -2.08. The molecule has 0 fully saturated rings. The number of thioether (sulfide) groups is 1. The molecule has 0 amide bonds. The van der Waals surface area contributed by atoms with E-state index >= 15 is 0 Å². The summed E-state index contributed by atoms with van der Waals surface area (Å²) in [5.74, 6) is 1.74. The lowest BCUT2D eigenvalue weighted by Gasteiger charge is -2.12. The molecule has 4 rings (SSSR count). The third kappa shape index (κ3) is 4.45. The van der Waals surface area contributed by atoms with E-state index in [1.165, 1.54) is 15.6 Å². The van der Waals surface area contributed by atoms with Crippen LogP contribution in [0.2, 0.25) is 0 Å². The molecule has 0 spiro atoms. The molecule has 0 atom stereocenters. The second-order valence-electron chi connectivity index (χ2n) is 6.51. The van der Waals surface area contributed by atoms with E-state index in [0.29, 0.717) is 0 Å². The Balaban J connectivity index is 1.35. The normalized spacial score (nSPS) is 15.3. The lowest BCUT2D eigenvalue weighted by molar-refractivity contribution is 0.414. The van der Waals surface area contributed by atoms with E-state index in [1.807, 2.05) is 54.6 Å². The Morgan fingerprint density at radius 1 is 0.900 bits per heavy atom. The SMILES string of the molecule is COc1ccc2c(c1)S\C(=C/C=C/C=C/C=C/c1nc3ccc(OC)cc3s1)N2C. The fourth-order valence-electron chi connectivity index (χ4n) is 3.02. The van der Waals surface area contributed by atoms with Gasteiger partial charge in [-0.25, -0.2) is 4.98 Å². The molecule has 6 heteroatoms. The molecule has 2 aromatic carbocycles. The van der Waals surface area contributed by atoms with Crippen molar-refractivity contribution >= 4 is 45.1 Å². The summed E-state index contributed by atoms with van der Waals surface area (Å²) in [6.45, 7) is 0. The molecule has 0 unspecified atom stereocenters. The number of hydrogen-bond acceptors (Lipinski definition) is 6. The van der Waals surface area contributed by atoms with Gasteiger partial charge in [0, 0.05) is 11.9 Å². The molecule has 152 valence electrons. The van der Waals surface area contributed by atoms with E-state index in [2.05, 4.69) is 41.2 Å². The number of nitrogens with zero attached hydrogens (tertiary/aromatic N) is 2. The van der Waals surface area contributed by atoms with Gasteiger partial charge in [0.1, 0.15) is 16.5 Å². The first kappa shape index (κ1) is 20.3. The molecule has 2 heterocycles. The van der Waals surface area contributed by atoms with Crippen LogP contribution in [0, 0.1) is 0 Å². The van der Waals surface area contributed by atoms with Crippen LogP contribution < -0.4 is 14.4 Å². The average molecular weight is 435 g/mol. The van der Waals surface area contributed by atoms with E-state index in [9.17, 15) is 0 Å². The van der Waals surface area contributed by atoms with Gasteiger partial charge in [-0.3, -0.25) is 0 Å². The van der Waals surface area contributed by atoms with Gasteiger partial charge in [0.15, 0.2) is 0 Å². The molecular weight excluding hydrogens is 412 g/mol. The van der Waals surface area contributed by atoms with Crippen molar-refractivity contribution in [1.29, 1.82) is 0 Å². The van der Waals surface area contributed by atoms with Gasteiger partial charge in [-0.15, -0.1) is 11.3 Å². The Morgan fingerprint density at radius 2 is 1.63 bits per heavy atom. The number of fused-ring (bicyclic) bond motifs is 2. The lowest BCUT2D eigenvalue weighted by atomic mass is 10.3. The summed E-state index contributed by atoms with van der Waals surface area (Å²) in [4.78, 5) is 8.01. The Kier molecular flexibility index (Phi) is 6.26. The van der Waals surface area contributed by atoms with Crippen LogP contribution >= 0.6 is 23.1 Å². The van der Waals surface area contributed by atoms with E-state index in [4.69, 9.17) is 9.47 Å². The van der Waals surface area contributed by atoms with E-state index in [0.717, 1.165) is 26.7 Å². The number of aromatic nitrogens is 1. The number of benzene rings is 2. The topological polar surface area (TPSA) is 34.6 Å². The first-order valence-electron chi connectivity index (χ1n) is 9.44. The van der Waals surface area contributed by atoms with Crippen molar-refractivity contribution in [3.8, 4) is 11.5 Å². The maximum Gasteiger partial charge on any atom is 0.120 e. The molecule has 0 saturated carbocycles. The minimum absolute atomic E-state index is 0.856. The van der Waals surface area contributed by atoms with Gasteiger partial charge in [-0.1, -0.05) is 42.1 Å². The van der Waals surface area contributed by atoms with Crippen molar-refractivity contribution in [3.63, 3.8) is 0 Å². The Hall–Kier alpha value is -2.96. The molecule has 3 aromatic rings. The fourth-order valence-corrected chi connectivity index (χ4v) is 5.02. The molecule has 0 bridgehead atoms. The summed E-state index contributed by atoms with van der Waals surface area (Å²) < 4.78 is 11.7. The van der Waals surface area contributed by atoms with Gasteiger partial charge in [0.25, 0.3) is 0 Å². The van der Waals surface area contributed by atoms with Gasteiger partial charge < -0.3 is 14.4 Å². The van der Waals surface area contributed by atoms with Gasteiger partial charge in [-0.2, -0.15) is 0 Å². The zero-order valence-corrected chi connectivity index (χ0v) is 18.7. The zero-order chi connectivity index (χ0) is 20.9. The zero-order valence-electron chi connectivity index (χ0n) is 17.0. The summed E-state index contributed by atoms with van der Waals surface area (Å²) in [6, 6.07) is 12.1. The van der Waals surface area contributed by atoms with Gasteiger partial charge >= 0.3 is 0 Å². The first-order chi connectivity index (χ1) is 14.7. The van der Waals surface area contributed by atoms with Crippen molar-refractivity contribution in [1.82, 2.24) is 4.98 Å². The summed E-state index contributed by atoms with van der Waals surface area (Å²) in [5.41, 5.74) is 2.19. The largest absolute Gasteiger partial charge is 0.497 e. The van der Waals surface area contributed by atoms with E-state index < -0.39 is 0 Å². The van der Waals surface area contributed by atoms with Gasteiger partial charge in [0.05, 0.1) is 35.2 Å². The molecule has 1 aliphatic rings. The highest BCUT2D eigenvalue weighted by atomic mass is 32.2. The molecule has 4 nitrogen and oxygen atoms in total. The minimum atomic E-state index is 0.856. The predicted molar refractivity (Wildman–Crippen MR) is 129 cm³/mol. The summed E-state index contributed by atoms with van der Waals surface area (Å²) in [5, 5.41) is 2.16. The van der Waals surface area contributed by atoms with Crippen molar-refractivity contribution < 1.29 is 9.47 Å². The second-order valence-corrected chi connectivity index (χ2v) is 8.64. The van der Waals surface area contributed by atoms with Crippen molar-refractivity contribution in [2.75, 3.05) is 26.2 Å². The monoisotopic (exact) mass is 434 g/mol. The number of thiazole rings is 1. The van der Waals surface area contributed by atoms with Gasteiger partial charge in [0.2, 0.25) is 0 Å². The van der Waals surface area contributed by atoms with Crippen LogP contribution in [-0.4, -0.2) is 26.3 Å². The third-order valence-corrected chi connectivity index (χ3v) is 6.76. The van der Waals surface area contributed by atoms with Gasteiger partial charge in [-0.05, 0) is 48.6 Å². The summed E-state index contributed by atoms with van der Waals surface area (Å²) in [7, 11) is 5.45. The van der Waals surface area contributed by atoms with Crippen LogP contribution in [0.4, 0.5) is 5.69 Å². The number of hydrogen-bond donors (Lipinski definition) is 0. The maximum absolute atomic E-state index is 5.32. The standard InChI is InChI=1S/C24H22N2O2S2/c1-26-20-14-12-18(28-3)16-22(20)30-24(26)10-8-6-4-5-7-9-23-25-19-13-11-17(27-2)15-21(19)29-23/h4-16H,1-3H3/b5-4+,8-6+,9-7+,24-10-. The average Bonchev–Trinajstić information content (AvgIpc) is 3.32. The summed E-state index contributed by atoms with van der Waals surface area (Å²) in [6.07, 6.45) is 14.2. The molecular formula is C24H22N2O2S2. The van der Waals surface area contributed by atoms with Crippen molar-refractivity contribution in [3.05, 3.63) is 82.9 Å². The number of rotatable bonds is 6. The minimum Gasteiger partial charge on any atom is -0.497 e. The molecule has 0 N–H and O–H groups in total. The van der Waals surface area contributed by atoms with E-state index in [-0.39, 0.29) is 0 Å². The van der Waals surface area contributed by atoms with Crippen LogP contribution in [-0.2, 0) is 0 Å². The number of allylic oxidation sites excluding steroid dienone is 6. The highest BCUT2D eigenvalue weighted by Crippen LogP contribution is 2.46. The molecule has 1 aliphatic heterocycles. The molecule has 1 aromatic heterocycles. The van der Waals surface area contributed by atoms with Crippen LogP contribution in [0.3, 0.4) is 0 Å². The van der Waals surface area contributed by atoms with Crippen LogP contribution in [0.25, 0.3) is 16.3 Å². The smallest absolute Gasteiger partial charge is 0.120 e. The maximum atomic E-state index is 5.32. The highest BCUT2D eigenvalue weighted by Gasteiger charge is 2.21. The van der Waals surface area contributed by atoms with Crippen LogP contribution in [0.1, 0.15) is 5.01 Å². The van der Waals surface area contributed by atoms with E-state index in [1.54, 1.807) is 37.3 Å². The number of anilines is 1. The van der Waals surface area contributed by atoms with Crippen molar-refractivity contribution in [2.24, 2.45) is 0 Å². The Bertz CT molecular complexity index is 1180. The number of ether oxygens (including phenoxy) is 2. The van der Waals surface area contributed by atoms with Crippen LogP contribution in [0.15, 0.2) is 82.8 Å². The third-order valence-electron chi connectivity index (χ3n) is 4.61. The van der Waals surface area contributed by atoms with Crippen molar-refractivity contribution in [2.45, 2.75) is 4.90 Å². The second kappa shape index (κ2) is 9.24. The number of methoxy groups -OCH3 is 2. The Labute approximate surface area is 184 Å². The summed E-state index contributed by atoms with van der Waals surface area (Å²) >= 11 is 3.40. The first-order valence-corrected chi connectivity index (χ1v) is 11.1. The van der Waals surface area contributed by atoms with Crippen LogP contribution in [0.5, 0.6) is 11.5 Å². The fraction of sp³-hybridized carbons (Fsp3) is 0.125. The molecule has 0 saturated heterocycles. The molecule has 0 radical (unpaired) electrons. The molecule has 0 aliphatic carbocycles. The predicted octanol–water partition coefficient (Wildman–Crippen LogP) is 6.52. The quantitative estimate of drug-likeness (QED) is 0.413. The molecule has 30 heavy (non-hydrogen) atoms.